The van der Waals surface area contributed by atoms with Crippen molar-refractivity contribution in [3.63, 3.8) is 0 Å². The van der Waals surface area contributed by atoms with Crippen LogP contribution in [0.2, 0.25) is 0 Å². The second-order valence-corrected chi connectivity index (χ2v) is 19.0. The molecule has 336 valence electrons. The lowest BCUT2D eigenvalue weighted by atomic mass is 9.88. The Morgan fingerprint density at radius 3 is 1.17 bits per heavy atom. The van der Waals surface area contributed by atoms with Gasteiger partial charge >= 0.3 is 0 Å². The number of anilines is 6. The summed E-state index contributed by atoms with van der Waals surface area (Å²) in [5, 5.41) is 11.5. The number of hydrogen-bond donors (Lipinski definition) is 0. The van der Waals surface area contributed by atoms with E-state index in [1.807, 2.05) is 12.1 Å². The molecular weight excluding hydrogens is 865 g/mol. The summed E-state index contributed by atoms with van der Waals surface area (Å²) in [7, 11) is 0. The maximum Gasteiger partial charge on any atom is 0.159 e. The number of para-hydroxylation sites is 4. The molecule has 0 fully saturated rings. The molecule has 14 rings (SSSR count). The van der Waals surface area contributed by atoms with Gasteiger partial charge in [0.25, 0.3) is 0 Å². The van der Waals surface area contributed by atoms with Crippen LogP contribution < -0.4 is 9.80 Å². The average molecular weight is 911 g/mol. The first kappa shape index (κ1) is 40.9. The van der Waals surface area contributed by atoms with Gasteiger partial charge in [0.2, 0.25) is 0 Å². The van der Waals surface area contributed by atoms with E-state index in [1.165, 1.54) is 38.2 Å². The highest BCUT2D eigenvalue weighted by atomic mass is 16.3. The summed E-state index contributed by atoms with van der Waals surface area (Å²) in [6.07, 6.45) is 0. The number of benzene rings is 12. The molecule has 4 nitrogen and oxygen atoms in total. The first-order chi connectivity index (χ1) is 35.0. The first-order valence-electron chi connectivity index (χ1n) is 24.5. The Balaban J connectivity index is 1.11. The summed E-state index contributed by atoms with van der Waals surface area (Å²) in [5.74, 6) is 0.375. The second-order valence-electron chi connectivity index (χ2n) is 19.0. The Morgan fingerprint density at radius 1 is 0.310 bits per heavy atom. The van der Waals surface area contributed by atoms with Gasteiger partial charge in [-0.15, -0.1) is 0 Å². The van der Waals surface area contributed by atoms with Gasteiger partial charge in [-0.1, -0.05) is 196 Å². The van der Waals surface area contributed by atoms with Crippen LogP contribution in [0.4, 0.5) is 34.1 Å². The van der Waals surface area contributed by atoms with Crippen molar-refractivity contribution in [2.24, 2.45) is 0 Å². The maximum atomic E-state index is 6.94. The van der Waals surface area contributed by atoms with Crippen molar-refractivity contribution in [1.29, 1.82) is 0 Å². The molecule has 0 aliphatic heterocycles. The maximum absolute atomic E-state index is 6.94. The van der Waals surface area contributed by atoms with Gasteiger partial charge in [0.15, 0.2) is 11.2 Å². The number of fused-ring (bicyclic) bond motifs is 6. The van der Waals surface area contributed by atoms with Gasteiger partial charge in [-0.25, -0.2) is 0 Å². The standard InChI is InChI=1S/C67H46N2O2/c1-42(2)49-39-47-31-37-56-60(68(50-33-27-45(28-34-50)43-15-5-3-6-16-43)58-23-13-21-54-52-19-9-11-25-62(52)70-66(54)58)41-61(57-38-32-48(40-49)64(47)65(56)57)69(51-35-29-46(30-36-51)44-17-7-4-8-18-44)59-24-14-22-55-53-20-10-12-26-63(53)71-67(55)59/h3-42H,1-2H3. The van der Waals surface area contributed by atoms with Crippen molar-refractivity contribution in [2.75, 3.05) is 9.80 Å². The fourth-order valence-electron chi connectivity index (χ4n) is 11.1. The molecule has 2 heterocycles. The Bertz CT molecular complexity index is 4030. The third kappa shape index (κ3) is 6.60. The van der Waals surface area contributed by atoms with E-state index in [4.69, 9.17) is 8.83 Å². The number of rotatable bonds is 9. The topological polar surface area (TPSA) is 32.8 Å². The molecule has 0 N–H and O–H groups in total. The molecule has 14 aromatic rings. The predicted octanol–water partition coefficient (Wildman–Crippen LogP) is 19.8. The Hall–Kier alpha value is -9.12. The van der Waals surface area contributed by atoms with Gasteiger partial charge in [0, 0.05) is 49.1 Å². The molecule has 4 heteroatoms. The minimum Gasteiger partial charge on any atom is -0.454 e. The van der Waals surface area contributed by atoms with Crippen LogP contribution in [-0.2, 0) is 0 Å². The lowest BCUT2D eigenvalue weighted by molar-refractivity contribution is 0.669. The molecule has 0 radical (unpaired) electrons. The molecule has 71 heavy (non-hydrogen) atoms. The van der Waals surface area contributed by atoms with E-state index in [9.17, 15) is 0 Å². The highest BCUT2D eigenvalue weighted by Crippen LogP contribution is 2.53. The molecule has 0 amide bonds. The smallest absolute Gasteiger partial charge is 0.159 e. The van der Waals surface area contributed by atoms with Crippen LogP contribution in [0, 0.1) is 0 Å². The highest BCUT2D eigenvalue weighted by Gasteiger charge is 2.28. The van der Waals surface area contributed by atoms with E-state index < -0.39 is 0 Å². The van der Waals surface area contributed by atoms with Crippen molar-refractivity contribution in [3.05, 3.63) is 242 Å². The van der Waals surface area contributed by atoms with Crippen molar-refractivity contribution in [2.45, 2.75) is 19.8 Å². The second kappa shape index (κ2) is 16.3. The van der Waals surface area contributed by atoms with E-state index in [0.29, 0.717) is 5.92 Å². The summed E-state index contributed by atoms with van der Waals surface area (Å²) < 4.78 is 13.9. The molecule has 0 spiro atoms. The van der Waals surface area contributed by atoms with Gasteiger partial charge in [-0.05, 0) is 104 Å². The number of furan rings is 2. The first-order valence-corrected chi connectivity index (χ1v) is 24.5. The van der Waals surface area contributed by atoms with Gasteiger partial charge < -0.3 is 18.6 Å². The van der Waals surface area contributed by atoms with Crippen LogP contribution in [0.3, 0.4) is 0 Å². The van der Waals surface area contributed by atoms with Crippen molar-refractivity contribution < 1.29 is 8.83 Å². The predicted molar refractivity (Wildman–Crippen MR) is 299 cm³/mol. The summed E-state index contributed by atoms with van der Waals surface area (Å²) in [6.45, 7) is 4.56. The fourth-order valence-corrected chi connectivity index (χ4v) is 11.1. The fraction of sp³-hybridized carbons (Fsp3) is 0.0448. The molecule has 0 aliphatic carbocycles. The van der Waals surface area contributed by atoms with Gasteiger partial charge in [0.05, 0.1) is 22.7 Å². The van der Waals surface area contributed by atoms with Crippen LogP contribution in [0.15, 0.2) is 245 Å². The van der Waals surface area contributed by atoms with E-state index in [0.717, 1.165) is 99.9 Å². The average Bonchev–Trinajstić information content (AvgIpc) is 4.01. The molecule has 12 aromatic carbocycles. The molecule has 0 saturated heterocycles. The van der Waals surface area contributed by atoms with Crippen LogP contribution in [-0.4, -0.2) is 0 Å². The van der Waals surface area contributed by atoms with E-state index >= 15 is 0 Å². The zero-order valence-corrected chi connectivity index (χ0v) is 39.3. The Labute approximate surface area is 411 Å². The van der Waals surface area contributed by atoms with Crippen molar-refractivity contribution in [1.82, 2.24) is 0 Å². The van der Waals surface area contributed by atoms with E-state index in [1.54, 1.807) is 0 Å². The molecule has 2 aromatic heterocycles. The monoisotopic (exact) mass is 910 g/mol. The van der Waals surface area contributed by atoms with E-state index in [-0.39, 0.29) is 0 Å². The largest absolute Gasteiger partial charge is 0.454 e. The normalized spacial score (nSPS) is 11.9. The Morgan fingerprint density at radius 2 is 0.718 bits per heavy atom. The van der Waals surface area contributed by atoms with Gasteiger partial charge in [0.1, 0.15) is 11.2 Å². The SMILES string of the molecule is CC(C)c1cc2ccc3c(N(c4ccc(-c5ccccc5)cc4)c4cccc5c4oc4ccccc45)cc(N(c4ccc(-c5ccccc5)cc4)c4cccc5c4oc4ccccc45)c4ccc(c1)c2c34. The summed E-state index contributed by atoms with van der Waals surface area (Å²) in [5.41, 5.74) is 15.3. The Kier molecular flexibility index (Phi) is 9.37. The molecule has 0 aliphatic rings. The molecular formula is C67H46N2O2. The third-order valence-electron chi connectivity index (χ3n) is 14.6. The molecule has 0 bridgehead atoms. The number of nitrogens with zero attached hydrogens (tertiary/aromatic N) is 2. The molecule has 0 saturated carbocycles. The van der Waals surface area contributed by atoms with E-state index in [2.05, 4.69) is 248 Å². The lowest BCUT2D eigenvalue weighted by Gasteiger charge is -2.32. The van der Waals surface area contributed by atoms with Crippen LogP contribution in [0.5, 0.6) is 0 Å². The summed E-state index contributed by atoms with van der Waals surface area (Å²) in [4.78, 5) is 4.85. The minimum atomic E-state index is 0.375. The lowest BCUT2D eigenvalue weighted by Crippen LogP contribution is -2.15. The van der Waals surface area contributed by atoms with Crippen LogP contribution >= 0.6 is 0 Å². The van der Waals surface area contributed by atoms with Gasteiger partial charge in [-0.3, -0.25) is 0 Å². The highest BCUT2D eigenvalue weighted by molar-refractivity contribution is 6.29. The number of hydrogen-bond acceptors (Lipinski definition) is 4. The van der Waals surface area contributed by atoms with Crippen LogP contribution in [0.1, 0.15) is 25.3 Å². The summed E-state index contributed by atoms with van der Waals surface area (Å²) >= 11 is 0. The zero-order valence-electron chi connectivity index (χ0n) is 39.3. The summed E-state index contributed by atoms with van der Waals surface area (Å²) in [6, 6.07) is 85.5. The molecule has 0 atom stereocenters. The van der Waals surface area contributed by atoms with Crippen molar-refractivity contribution in [3.8, 4) is 22.3 Å². The van der Waals surface area contributed by atoms with Crippen LogP contribution in [0.25, 0.3) is 98.4 Å². The van der Waals surface area contributed by atoms with Gasteiger partial charge in [-0.2, -0.15) is 0 Å². The minimum absolute atomic E-state index is 0.375. The molecule has 0 unspecified atom stereocenters. The third-order valence-corrected chi connectivity index (χ3v) is 14.6. The quantitative estimate of drug-likeness (QED) is 0.135. The van der Waals surface area contributed by atoms with Crippen molar-refractivity contribution >= 4 is 110 Å². The zero-order chi connectivity index (χ0) is 47.2.